The molecule has 0 atom stereocenters. The van der Waals surface area contributed by atoms with Gasteiger partial charge in [-0.05, 0) is 95.7 Å². The fourth-order valence-electron chi connectivity index (χ4n) is 8.80. The zero-order chi connectivity index (χ0) is 40.0. The van der Waals surface area contributed by atoms with Gasteiger partial charge >= 0.3 is 0 Å². The van der Waals surface area contributed by atoms with Gasteiger partial charge in [-0.2, -0.15) is 5.26 Å². The summed E-state index contributed by atoms with van der Waals surface area (Å²) in [5, 5.41) is 12.7. The minimum atomic E-state index is 0.596. The van der Waals surface area contributed by atoms with Crippen molar-refractivity contribution >= 4 is 10.8 Å². The van der Waals surface area contributed by atoms with Gasteiger partial charge in [0.05, 0.1) is 11.6 Å². The Morgan fingerprint density at radius 1 is 0.283 bits per heavy atom. The highest BCUT2D eigenvalue weighted by Gasteiger charge is 2.24. The van der Waals surface area contributed by atoms with Crippen LogP contribution in [0.1, 0.15) is 5.56 Å². The molecule has 60 heavy (non-hydrogen) atoms. The first kappa shape index (κ1) is 34.9. The Kier molecular flexibility index (Phi) is 8.50. The molecule has 0 radical (unpaired) electrons. The molecule has 9 aromatic carbocycles. The summed E-state index contributed by atoms with van der Waals surface area (Å²) >= 11 is 0. The van der Waals surface area contributed by atoms with Crippen LogP contribution in [-0.4, -0.2) is 15.0 Å². The second-order valence-electron chi connectivity index (χ2n) is 15.0. The average molecular weight is 763 g/mol. The van der Waals surface area contributed by atoms with Crippen LogP contribution in [0.3, 0.4) is 0 Å². The van der Waals surface area contributed by atoms with Crippen LogP contribution in [0.4, 0.5) is 0 Å². The Labute approximate surface area is 348 Å². The topological polar surface area (TPSA) is 62.5 Å². The van der Waals surface area contributed by atoms with Crippen molar-refractivity contribution in [2.75, 3.05) is 0 Å². The molecule has 11 rings (SSSR count). The van der Waals surface area contributed by atoms with E-state index in [4.69, 9.17) is 15.0 Å². The van der Waals surface area contributed by atoms with Gasteiger partial charge in [0.15, 0.2) is 17.5 Å². The van der Waals surface area contributed by atoms with E-state index in [0.29, 0.717) is 23.0 Å². The second kappa shape index (κ2) is 14.6. The second-order valence-corrected chi connectivity index (χ2v) is 15.0. The van der Waals surface area contributed by atoms with Gasteiger partial charge in [0, 0.05) is 16.7 Å². The summed E-state index contributed by atoms with van der Waals surface area (Å²) in [5.41, 5.74) is 16.9. The van der Waals surface area contributed by atoms with E-state index in [1.54, 1.807) is 0 Å². The molecule has 0 saturated carbocycles. The fourth-order valence-corrected chi connectivity index (χ4v) is 8.80. The number of nitriles is 1. The molecule has 278 valence electrons. The molecule has 0 spiro atoms. The molecule has 0 saturated heterocycles. The molecule has 1 aromatic heterocycles. The summed E-state index contributed by atoms with van der Waals surface area (Å²) in [6, 6.07) is 74.0. The van der Waals surface area contributed by atoms with Crippen LogP contribution in [0, 0.1) is 11.3 Å². The molecule has 0 aliphatic heterocycles. The van der Waals surface area contributed by atoms with Crippen molar-refractivity contribution in [2.45, 2.75) is 0 Å². The molecular formula is C56H34N4. The fraction of sp³-hybridized carbons (Fsp3) is 0. The van der Waals surface area contributed by atoms with Crippen LogP contribution in [0.25, 0.3) is 112 Å². The van der Waals surface area contributed by atoms with Crippen LogP contribution >= 0.6 is 0 Å². The van der Waals surface area contributed by atoms with Gasteiger partial charge in [-0.25, -0.2) is 15.0 Å². The number of benzene rings is 9. The van der Waals surface area contributed by atoms with Crippen LogP contribution in [0.5, 0.6) is 0 Å². The third kappa shape index (κ3) is 5.97. The Morgan fingerprint density at radius 3 is 1.33 bits per heavy atom. The highest BCUT2D eigenvalue weighted by molar-refractivity contribution is 6.19. The molecule has 0 N–H and O–H groups in total. The molecule has 0 bridgehead atoms. The van der Waals surface area contributed by atoms with E-state index in [2.05, 4.69) is 133 Å². The molecule has 4 nitrogen and oxygen atoms in total. The molecule has 1 aliphatic carbocycles. The highest BCUT2D eigenvalue weighted by Crippen LogP contribution is 2.50. The third-order valence-corrected chi connectivity index (χ3v) is 11.6. The van der Waals surface area contributed by atoms with Crippen molar-refractivity contribution in [3.63, 3.8) is 0 Å². The number of hydrogen-bond donors (Lipinski definition) is 0. The zero-order valence-electron chi connectivity index (χ0n) is 32.4. The minimum Gasteiger partial charge on any atom is -0.208 e. The average Bonchev–Trinajstić information content (AvgIpc) is 3.66. The molecule has 0 amide bonds. The van der Waals surface area contributed by atoms with Gasteiger partial charge in [-0.1, -0.05) is 188 Å². The summed E-state index contributed by atoms with van der Waals surface area (Å²) in [6.07, 6.45) is 0. The maximum absolute atomic E-state index is 10.2. The quantitative estimate of drug-likeness (QED) is 0.162. The van der Waals surface area contributed by atoms with Crippen LogP contribution in [0.15, 0.2) is 206 Å². The number of aromatic nitrogens is 3. The van der Waals surface area contributed by atoms with Gasteiger partial charge < -0.3 is 0 Å². The van der Waals surface area contributed by atoms with E-state index >= 15 is 0 Å². The van der Waals surface area contributed by atoms with Gasteiger partial charge in [-0.3, -0.25) is 0 Å². The van der Waals surface area contributed by atoms with Crippen molar-refractivity contribution in [3.8, 4) is 107 Å². The SMILES string of the molecule is N#Cc1ccc(-c2ccccc2-c2ccc3c4c(cccc24)-c2ccccc2-3)c(-c2cccc(-c3ccccc3-c3nc(-c4ccccc4)nc(-c4ccccc4)n3)c2)c1. The number of nitrogens with zero attached hydrogens (tertiary/aromatic N) is 4. The minimum absolute atomic E-state index is 0.596. The normalized spacial score (nSPS) is 11.3. The van der Waals surface area contributed by atoms with Crippen LogP contribution in [-0.2, 0) is 0 Å². The summed E-state index contributed by atoms with van der Waals surface area (Å²) in [5.74, 6) is 1.83. The first-order valence-electron chi connectivity index (χ1n) is 20.1. The van der Waals surface area contributed by atoms with E-state index < -0.39 is 0 Å². The summed E-state index contributed by atoms with van der Waals surface area (Å²) in [7, 11) is 0. The van der Waals surface area contributed by atoms with Crippen molar-refractivity contribution in [1.82, 2.24) is 15.0 Å². The molecule has 4 heteroatoms. The van der Waals surface area contributed by atoms with E-state index in [0.717, 1.165) is 55.6 Å². The first-order chi connectivity index (χ1) is 29.7. The lowest BCUT2D eigenvalue weighted by molar-refractivity contribution is 1.07. The van der Waals surface area contributed by atoms with Gasteiger partial charge in [0.25, 0.3) is 0 Å². The highest BCUT2D eigenvalue weighted by atomic mass is 15.0. The third-order valence-electron chi connectivity index (χ3n) is 11.6. The van der Waals surface area contributed by atoms with Crippen LogP contribution in [0.2, 0.25) is 0 Å². The number of rotatable bonds is 7. The lowest BCUT2D eigenvalue weighted by Crippen LogP contribution is -2.01. The standard InChI is InChI=1S/C56H34N4/c57-35-36-29-30-47(43-23-9-8-22-42(43)46-31-32-50-45-25-11-10-24-44(45)48-27-14-28-49(46)53(48)50)52(33-36)40-20-13-19-39(34-40)41-21-7-12-26-51(41)56-59-54(37-15-3-1-4-16-37)58-55(60-56)38-17-5-2-6-18-38/h1-34H. The van der Waals surface area contributed by atoms with E-state index in [9.17, 15) is 5.26 Å². The lowest BCUT2D eigenvalue weighted by atomic mass is 9.86. The Hall–Kier alpha value is -8.26. The summed E-state index contributed by atoms with van der Waals surface area (Å²) in [6.45, 7) is 0. The van der Waals surface area contributed by atoms with Crippen molar-refractivity contribution in [1.29, 1.82) is 5.26 Å². The smallest absolute Gasteiger partial charge is 0.164 e. The summed E-state index contributed by atoms with van der Waals surface area (Å²) < 4.78 is 0. The van der Waals surface area contributed by atoms with Gasteiger partial charge in [-0.15, -0.1) is 0 Å². The van der Waals surface area contributed by atoms with Crippen molar-refractivity contribution in [3.05, 3.63) is 212 Å². The Bertz CT molecular complexity index is 3240. The monoisotopic (exact) mass is 762 g/mol. The molecule has 0 unspecified atom stereocenters. The molecule has 1 aliphatic rings. The van der Waals surface area contributed by atoms with E-state index in [1.807, 2.05) is 78.9 Å². The van der Waals surface area contributed by atoms with Crippen LogP contribution < -0.4 is 0 Å². The molecule has 1 heterocycles. The maximum atomic E-state index is 10.2. The number of fused-ring (bicyclic) bond motifs is 3. The van der Waals surface area contributed by atoms with Crippen molar-refractivity contribution in [2.24, 2.45) is 0 Å². The molecule has 0 fully saturated rings. The predicted octanol–water partition coefficient (Wildman–Crippen LogP) is 14.2. The number of hydrogen-bond acceptors (Lipinski definition) is 4. The van der Waals surface area contributed by atoms with E-state index in [-0.39, 0.29) is 0 Å². The van der Waals surface area contributed by atoms with Crippen molar-refractivity contribution < 1.29 is 0 Å². The van der Waals surface area contributed by atoms with Gasteiger partial charge in [0.1, 0.15) is 0 Å². The predicted molar refractivity (Wildman–Crippen MR) is 245 cm³/mol. The summed E-state index contributed by atoms with van der Waals surface area (Å²) in [4.78, 5) is 15.1. The Balaban J connectivity index is 1.05. The largest absolute Gasteiger partial charge is 0.208 e. The maximum Gasteiger partial charge on any atom is 0.164 e. The van der Waals surface area contributed by atoms with E-state index in [1.165, 1.54) is 38.6 Å². The zero-order valence-corrected chi connectivity index (χ0v) is 32.4. The molecule has 10 aromatic rings. The molecular weight excluding hydrogens is 729 g/mol. The first-order valence-corrected chi connectivity index (χ1v) is 20.1. The lowest BCUT2D eigenvalue weighted by Gasteiger charge is -2.18. The van der Waals surface area contributed by atoms with Gasteiger partial charge in [0.2, 0.25) is 0 Å². The Morgan fingerprint density at radius 2 is 0.700 bits per heavy atom.